The Balaban J connectivity index is 2.14. The van der Waals surface area contributed by atoms with Crippen molar-refractivity contribution in [2.75, 3.05) is 12.4 Å². The Bertz CT molecular complexity index is 885. The van der Waals surface area contributed by atoms with E-state index < -0.39 is 7.12 Å². The molecular formula is C14H12BN5O2. The van der Waals surface area contributed by atoms with Gasteiger partial charge >= 0.3 is 7.12 Å². The molecule has 0 unspecified atom stereocenters. The summed E-state index contributed by atoms with van der Waals surface area (Å²) in [5.74, 6) is 0. The fourth-order valence-corrected chi connectivity index (χ4v) is 2.27. The minimum atomic E-state index is -1.59. The SMILES string of the molecule is [C-]#[N+]c1cnn2c(-c3cc(NC)c(B(O)O)cn3)ccc2c1. The molecule has 3 N–H and O–H groups in total. The smallest absolute Gasteiger partial charge is 0.423 e. The van der Waals surface area contributed by atoms with Gasteiger partial charge in [0.05, 0.1) is 29.7 Å². The summed E-state index contributed by atoms with van der Waals surface area (Å²) in [5, 5.41) is 25.8. The highest BCUT2D eigenvalue weighted by molar-refractivity contribution is 6.60. The van der Waals surface area contributed by atoms with Crippen molar-refractivity contribution in [2.45, 2.75) is 0 Å². The van der Waals surface area contributed by atoms with Crippen LogP contribution in [0.5, 0.6) is 0 Å². The van der Waals surface area contributed by atoms with E-state index in [0.29, 0.717) is 22.5 Å². The van der Waals surface area contributed by atoms with Crippen molar-refractivity contribution in [2.24, 2.45) is 0 Å². The summed E-state index contributed by atoms with van der Waals surface area (Å²) >= 11 is 0. The van der Waals surface area contributed by atoms with E-state index in [1.165, 1.54) is 12.4 Å². The first-order chi connectivity index (χ1) is 10.6. The molecule has 0 spiro atoms. The molecular weight excluding hydrogens is 281 g/mol. The number of rotatable bonds is 3. The lowest BCUT2D eigenvalue weighted by Crippen LogP contribution is -2.32. The summed E-state index contributed by atoms with van der Waals surface area (Å²) in [5.41, 5.74) is 3.53. The molecule has 0 aliphatic rings. The van der Waals surface area contributed by atoms with Crippen molar-refractivity contribution in [3.05, 3.63) is 48.1 Å². The summed E-state index contributed by atoms with van der Waals surface area (Å²) < 4.78 is 1.69. The maximum atomic E-state index is 9.32. The van der Waals surface area contributed by atoms with E-state index in [9.17, 15) is 10.0 Å². The van der Waals surface area contributed by atoms with Gasteiger partial charge in [0, 0.05) is 24.4 Å². The van der Waals surface area contributed by atoms with Gasteiger partial charge in [-0.05, 0) is 24.3 Å². The van der Waals surface area contributed by atoms with Crippen molar-refractivity contribution in [3.8, 4) is 11.4 Å². The normalized spacial score (nSPS) is 10.5. The second kappa shape index (κ2) is 5.48. The molecule has 0 bridgehead atoms. The first kappa shape index (κ1) is 14.1. The summed E-state index contributed by atoms with van der Waals surface area (Å²) in [7, 11) is 0.106. The van der Waals surface area contributed by atoms with Crippen LogP contribution in [0.2, 0.25) is 0 Å². The molecule has 0 amide bonds. The molecule has 0 aromatic carbocycles. The molecule has 3 aromatic rings. The maximum absolute atomic E-state index is 9.32. The topological polar surface area (TPSA) is 87.0 Å². The lowest BCUT2D eigenvalue weighted by Gasteiger charge is -2.10. The first-order valence-electron chi connectivity index (χ1n) is 6.53. The third-order valence-electron chi connectivity index (χ3n) is 3.36. The van der Waals surface area contributed by atoms with Gasteiger partial charge in [0.2, 0.25) is 5.69 Å². The van der Waals surface area contributed by atoms with E-state index in [4.69, 9.17) is 6.57 Å². The lowest BCUT2D eigenvalue weighted by molar-refractivity contribution is 0.426. The zero-order valence-electron chi connectivity index (χ0n) is 11.7. The Morgan fingerprint density at radius 3 is 2.77 bits per heavy atom. The molecule has 0 saturated carbocycles. The average Bonchev–Trinajstić information content (AvgIpc) is 2.96. The van der Waals surface area contributed by atoms with Gasteiger partial charge < -0.3 is 15.4 Å². The van der Waals surface area contributed by atoms with E-state index in [1.54, 1.807) is 23.7 Å². The Morgan fingerprint density at radius 2 is 2.09 bits per heavy atom. The number of fused-ring (bicyclic) bond motifs is 1. The Labute approximate surface area is 126 Å². The van der Waals surface area contributed by atoms with Gasteiger partial charge in [0.1, 0.15) is 0 Å². The molecule has 108 valence electrons. The highest BCUT2D eigenvalue weighted by Crippen LogP contribution is 2.23. The number of hydrogen-bond acceptors (Lipinski definition) is 5. The van der Waals surface area contributed by atoms with Gasteiger partial charge in [0.25, 0.3) is 0 Å². The highest BCUT2D eigenvalue weighted by Gasteiger charge is 2.18. The molecule has 8 heteroatoms. The van der Waals surface area contributed by atoms with Gasteiger partial charge in [-0.2, -0.15) is 5.10 Å². The second-order valence-corrected chi connectivity index (χ2v) is 4.66. The Kier molecular flexibility index (Phi) is 3.51. The molecule has 0 saturated heterocycles. The van der Waals surface area contributed by atoms with Crippen molar-refractivity contribution in [1.29, 1.82) is 0 Å². The largest absolute Gasteiger partial charge is 0.492 e. The van der Waals surface area contributed by atoms with Crippen LogP contribution in [0.15, 0.2) is 36.7 Å². The molecule has 0 fully saturated rings. The standard InChI is InChI=1S/C14H12BN5O2/c1-16-9-5-10-3-4-14(20(10)19-7-9)13-6-12(17-2)11(8-18-13)15(21)22/h3-8,21-22H,2H3,(H,17,18). The molecule has 0 atom stereocenters. The molecule has 0 aliphatic carbocycles. The van der Waals surface area contributed by atoms with Crippen molar-refractivity contribution in [3.63, 3.8) is 0 Å². The molecule has 3 heterocycles. The van der Waals surface area contributed by atoms with E-state index in [2.05, 4.69) is 20.2 Å². The summed E-state index contributed by atoms with van der Waals surface area (Å²) in [4.78, 5) is 7.62. The number of hydrogen-bond donors (Lipinski definition) is 3. The minimum Gasteiger partial charge on any atom is -0.423 e. The summed E-state index contributed by atoms with van der Waals surface area (Å²) in [6, 6.07) is 7.18. The quantitative estimate of drug-likeness (QED) is 0.488. The van der Waals surface area contributed by atoms with Crippen LogP contribution >= 0.6 is 0 Å². The third-order valence-corrected chi connectivity index (χ3v) is 3.36. The van der Waals surface area contributed by atoms with Crippen molar-refractivity contribution < 1.29 is 10.0 Å². The number of aromatic nitrogens is 3. The van der Waals surface area contributed by atoms with Crippen LogP contribution in [-0.4, -0.2) is 38.8 Å². The average molecular weight is 293 g/mol. The number of nitrogens with one attached hydrogen (secondary N) is 1. The van der Waals surface area contributed by atoms with Crippen LogP contribution in [0, 0.1) is 6.57 Å². The fourth-order valence-electron chi connectivity index (χ4n) is 2.27. The van der Waals surface area contributed by atoms with Crippen LogP contribution < -0.4 is 10.8 Å². The van der Waals surface area contributed by atoms with Crippen molar-refractivity contribution in [1.82, 2.24) is 14.6 Å². The van der Waals surface area contributed by atoms with E-state index >= 15 is 0 Å². The van der Waals surface area contributed by atoms with E-state index in [0.717, 1.165) is 11.2 Å². The van der Waals surface area contributed by atoms with Crippen LogP contribution in [0.4, 0.5) is 11.4 Å². The number of pyridine rings is 1. The second-order valence-electron chi connectivity index (χ2n) is 4.66. The number of nitrogens with zero attached hydrogens (tertiary/aromatic N) is 4. The van der Waals surface area contributed by atoms with Gasteiger partial charge in [0.15, 0.2) is 0 Å². The highest BCUT2D eigenvalue weighted by atomic mass is 16.4. The van der Waals surface area contributed by atoms with Crippen LogP contribution in [0.3, 0.4) is 0 Å². The van der Waals surface area contributed by atoms with Gasteiger partial charge in [-0.3, -0.25) is 4.98 Å². The van der Waals surface area contributed by atoms with E-state index in [-0.39, 0.29) is 0 Å². The molecule has 0 radical (unpaired) electrons. The fraction of sp³-hybridized carbons (Fsp3) is 0.0714. The maximum Gasteiger partial charge on any atom is 0.492 e. The van der Waals surface area contributed by atoms with Gasteiger partial charge in [-0.15, -0.1) is 0 Å². The van der Waals surface area contributed by atoms with E-state index in [1.807, 2.05) is 12.1 Å². The minimum absolute atomic E-state index is 0.301. The Hall–Kier alpha value is -2.89. The third kappa shape index (κ3) is 2.28. The zero-order valence-corrected chi connectivity index (χ0v) is 11.7. The van der Waals surface area contributed by atoms with Crippen molar-refractivity contribution >= 4 is 29.5 Å². The van der Waals surface area contributed by atoms with Crippen LogP contribution in [0.1, 0.15) is 0 Å². The predicted octanol–water partition coefficient (Wildman–Crippen LogP) is 0.669. The first-order valence-corrected chi connectivity index (χ1v) is 6.53. The van der Waals surface area contributed by atoms with Crippen LogP contribution in [0.25, 0.3) is 21.7 Å². The molecule has 7 nitrogen and oxygen atoms in total. The monoisotopic (exact) mass is 293 g/mol. The van der Waals surface area contributed by atoms with Crippen LogP contribution in [-0.2, 0) is 0 Å². The molecule has 3 aromatic heterocycles. The molecule has 3 rings (SSSR count). The Morgan fingerprint density at radius 1 is 1.27 bits per heavy atom. The lowest BCUT2D eigenvalue weighted by atomic mass is 9.80. The predicted molar refractivity (Wildman–Crippen MR) is 84.1 cm³/mol. The zero-order chi connectivity index (χ0) is 15.7. The molecule has 0 aliphatic heterocycles. The van der Waals surface area contributed by atoms with Gasteiger partial charge in [-0.1, -0.05) is 0 Å². The van der Waals surface area contributed by atoms with Gasteiger partial charge in [-0.25, -0.2) is 9.36 Å². The molecule has 22 heavy (non-hydrogen) atoms. The summed E-state index contributed by atoms with van der Waals surface area (Å²) in [6.07, 6.45) is 2.91. The summed E-state index contributed by atoms with van der Waals surface area (Å²) in [6.45, 7) is 7.01. The number of anilines is 1.